The molecule has 0 radical (unpaired) electrons. The van der Waals surface area contributed by atoms with Crippen LogP contribution in [0.15, 0.2) is 24.3 Å². The molecule has 0 bridgehead atoms. The number of β-amino-alcohol motifs (C(OH)–C–C–N with tert-alkyl or cyclic N) is 1. The summed E-state index contributed by atoms with van der Waals surface area (Å²) >= 11 is 0. The number of nitrogens with zero attached hydrogens (tertiary/aromatic N) is 1. The van der Waals surface area contributed by atoms with Gasteiger partial charge in [-0.1, -0.05) is 18.2 Å². The third-order valence-corrected chi connectivity index (χ3v) is 3.36. The monoisotopic (exact) mass is 287 g/mol. The first-order chi connectivity index (χ1) is 9.36. The lowest BCUT2D eigenvalue weighted by atomic mass is 10.0. The predicted molar refractivity (Wildman–Crippen MR) is 67.0 cm³/mol. The Bertz CT molecular complexity index is 488. The van der Waals surface area contributed by atoms with Gasteiger partial charge in [-0.15, -0.1) is 0 Å². The lowest BCUT2D eigenvalue weighted by molar-refractivity contribution is -0.138. The summed E-state index contributed by atoms with van der Waals surface area (Å²) in [4.78, 5) is 13.5. The van der Waals surface area contributed by atoms with Crippen molar-refractivity contribution in [2.45, 2.75) is 31.5 Å². The van der Waals surface area contributed by atoms with Crippen LogP contribution in [0.1, 0.15) is 24.0 Å². The maximum atomic E-state index is 12.6. The number of aliphatic hydroxyl groups is 1. The fourth-order valence-electron chi connectivity index (χ4n) is 2.33. The van der Waals surface area contributed by atoms with Crippen molar-refractivity contribution in [2.75, 3.05) is 13.1 Å². The summed E-state index contributed by atoms with van der Waals surface area (Å²) in [5.41, 5.74) is -0.411. The van der Waals surface area contributed by atoms with Crippen molar-refractivity contribution in [3.63, 3.8) is 0 Å². The molecule has 1 aliphatic heterocycles. The van der Waals surface area contributed by atoms with Crippen LogP contribution in [0.25, 0.3) is 0 Å². The number of aliphatic hydroxyl groups excluding tert-OH is 1. The average Bonchev–Trinajstić information content (AvgIpc) is 2.38. The van der Waals surface area contributed by atoms with E-state index in [9.17, 15) is 23.1 Å². The Morgan fingerprint density at radius 1 is 1.40 bits per heavy atom. The van der Waals surface area contributed by atoms with Crippen molar-refractivity contribution in [3.8, 4) is 0 Å². The molecule has 1 atom stereocenters. The van der Waals surface area contributed by atoms with Crippen LogP contribution in [0, 0.1) is 0 Å². The lowest BCUT2D eigenvalue weighted by Crippen LogP contribution is -2.42. The third kappa shape index (κ3) is 3.72. The predicted octanol–water partition coefficient (Wildman–Crippen LogP) is 2.23. The van der Waals surface area contributed by atoms with E-state index in [-0.39, 0.29) is 18.9 Å². The highest BCUT2D eigenvalue weighted by Gasteiger charge is 2.30. The van der Waals surface area contributed by atoms with E-state index in [2.05, 4.69) is 0 Å². The zero-order valence-electron chi connectivity index (χ0n) is 10.9. The second-order valence-electron chi connectivity index (χ2n) is 5.01. The number of carbonyl (C=O) groups excluding carboxylic acids is 1. The second kappa shape index (κ2) is 5.83. The Morgan fingerprint density at radius 3 is 2.80 bits per heavy atom. The zero-order chi connectivity index (χ0) is 14.8. The van der Waals surface area contributed by atoms with Gasteiger partial charge in [-0.2, -0.15) is 13.2 Å². The summed E-state index contributed by atoms with van der Waals surface area (Å²) in [5.74, 6) is -0.247. The third-order valence-electron chi connectivity index (χ3n) is 3.36. The van der Waals surface area contributed by atoms with Crippen molar-refractivity contribution in [1.82, 2.24) is 4.90 Å². The number of hydrogen-bond donors (Lipinski definition) is 1. The van der Waals surface area contributed by atoms with E-state index in [1.807, 2.05) is 0 Å². The molecule has 0 aromatic heterocycles. The molecule has 0 saturated carbocycles. The number of benzene rings is 1. The van der Waals surface area contributed by atoms with Gasteiger partial charge in [-0.3, -0.25) is 4.79 Å². The first-order valence-corrected chi connectivity index (χ1v) is 6.48. The summed E-state index contributed by atoms with van der Waals surface area (Å²) in [6.07, 6.45) is -3.63. The Labute approximate surface area is 115 Å². The highest BCUT2D eigenvalue weighted by atomic mass is 19.4. The number of likely N-dealkylation sites (tertiary alicyclic amines) is 1. The molecule has 1 aromatic rings. The van der Waals surface area contributed by atoms with Gasteiger partial charge in [0.2, 0.25) is 5.91 Å². The minimum atomic E-state index is -4.40. The van der Waals surface area contributed by atoms with Crippen molar-refractivity contribution < 1.29 is 23.1 Å². The van der Waals surface area contributed by atoms with E-state index in [4.69, 9.17) is 0 Å². The Kier molecular flexibility index (Phi) is 4.32. The summed E-state index contributed by atoms with van der Waals surface area (Å²) < 4.78 is 37.7. The van der Waals surface area contributed by atoms with Gasteiger partial charge in [0.15, 0.2) is 0 Å². The molecule has 1 aliphatic rings. The molecule has 1 fully saturated rings. The molecule has 1 aromatic carbocycles. The number of halogens is 3. The van der Waals surface area contributed by atoms with Crippen LogP contribution in [0.4, 0.5) is 13.2 Å². The summed E-state index contributed by atoms with van der Waals surface area (Å²) in [6.45, 7) is 0.812. The van der Waals surface area contributed by atoms with Crippen LogP contribution in [0.3, 0.4) is 0 Å². The molecule has 1 amide bonds. The molecule has 1 heterocycles. The second-order valence-corrected chi connectivity index (χ2v) is 5.01. The van der Waals surface area contributed by atoms with Gasteiger partial charge in [0, 0.05) is 13.1 Å². The molecule has 2 rings (SSSR count). The first kappa shape index (κ1) is 14.8. The number of amides is 1. The molecule has 1 unspecified atom stereocenters. The Balaban J connectivity index is 2.04. The molecule has 1 N–H and O–H groups in total. The number of carbonyl (C=O) groups is 1. The highest BCUT2D eigenvalue weighted by molar-refractivity contribution is 5.79. The molecule has 20 heavy (non-hydrogen) atoms. The molecular weight excluding hydrogens is 271 g/mol. The highest BCUT2D eigenvalue weighted by Crippen LogP contribution is 2.29. The van der Waals surface area contributed by atoms with E-state index in [0.29, 0.717) is 18.5 Å². The number of hydrogen-bond acceptors (Lipinski definition) is 2. The largest absolute Gasteiger partial charge is 0.416 e. The van der Waals surface area contributed by atoms with E-state index in [1.54, 1.807) is 0 Å². The maximum absolute atomic E-state index is 12.6. The minimum Gasteiger partial charge on any atom is -0.391 e. The van der Waals surface area contributed by atoms with Crippen LogP contribution in [-0.2, 0) is 17.4 Å². The summed E-state index contributed by atoms with van der Waals surface area (Å²) in [6, 6.07) is 4.79. The van der Waals surface area contributed by atoms with Crippen molar-refractivity contribution in [2.24, 2.45) is 0 Å². The van der Waals surface area contributed by atoms with E-state index < -0.39 is 17.8 Å². The van der Waals surface area contributed by atoms with Gasteiger partial charge in [0.1, 0.15) is 0 Å². The average molecular weight is 287 g/mol. The molecule has 1 saturated heterocycles. The van der Waals surface area contributed by atoms with Crippen molar-refractivity contribution >= 4 is 5.91 Å². The van der Waals surface area contributed by atoms with Crippen LogP contribution in [0.2, 0.25) is 0 Å². The van der Waals surface area contributed by atoms with E-state index in [0.717, 1.165) is 18.6 Å². The smallest absolute Gasteiger partial charge is 0.391 e. The standard InChI is InChI=1S/C14H16F3NO2/c15-14(16,17)11-4-1-3-10(7-11)8-13(20)18-6-2-5-12(19)9-18/h1,3-4,7,12,19H,2,5-6,8-9H2. The van der Waals surface area contributed by atoms with Gasteiger partial charge in [-0.05, 0) is 24.5 Å². The van der Waals surface area contributed by atoms with Crippen LogP contribution < -0.4 is 0 Å². The Hall–Kier alpha value is -1.56. The van der Waals surface area contributed by atoms with Crippen molar-refractivity contribution in [1.29, 1.82) is 0 Å². The minimum absolute atomic E-state index is 0.0728. The molecular formula is C14H16F3NO2. The number of alkyl halides is 3. The zero-order valence-corrected chi connectivity index (χ0v) is 10.9. The topological polar surface area (TPSA) is 40.5 Å². The van der Waals surface area contributed by atoms with Crippen molar-refractivity contribution in [3.05, 3.63) is 35.4 Å². The number of piperidine rings is 1. The van der Waals surface area contributed by atoms with Gasteiger partial charge < -0.3 is 10.0 Å². The quantitative estimate of drug-likeness (QED) is 0.906. The summed E-state index contributed by atoms with van der Waals surface area (Å²) in [5, 5.41) is 9.50. The molecule has 0 spiro atoms. The normalized spacial score (nSPS) is 20.0. The van der Waals surface area contributed by atoms with E-state index in [1.165, 1.54) is 17.0 Å². The Morgan fingerprint density at radius 2 is 2.15 bits per heavy atom. The number of rotatable bonds is 2. The lowest BCUT2D eigenvalue weighted by Gasteiger charge is -2.30. The first-order valence-electron chi connectivity index (χ1n) is 6.48. The fraction of sp³-hybridized carbons (Fsp3) is 0.500. The van der Waals surface area contributed by atoms with Crippen LogP contribution in [0.5, 0.6) is 0 Å². The molecule has 6 heteroatoms. The van der Waals surface area contributed by atoms with Crippen LogP contribution in [-0.4, -0.2) is 35.1 Å². The maximum Gasteiger partial charge on any atom is 0.416 e. The SMILES string of the molecule is O=C(Cc1cccc(C(F)(F)F)c1)N1CCCC(O)C1. The van der Waals surface area contributed by atoms with Gasteiger partial charge in [0.25, 0.3) is 0 Å². The fourth-order valence-corrected chi connectivity index (χ4v) is 2.33. The van der Waals surface area contributed by atoms with Crippen LogP contribution >= 0.6 is 0 Å². The molecule has 110 valence electrons. The summed E-state index contributed by atoms with van der Waals surface area (Å²) in [7, 11) is 0. The molecule has 0 aliphatic carbocycles. The van der Waals surface area contributed by atoms with Gasteiger partial charge in [0.05, 0.1) is 18.1 Å². The van der Waals surface area contributed by atoms with Gasteiger partial charge in [-0.25, -0.2) is 0 Å². The van der Waals surface area contributed by atoms with E-state index >= 15 is 0 Å². The molecule has 3 nitrogen and oxygen atoms in total. The van der Waals surface area contributed by atoms with Gasteiger partial charge >= 0.3 is 6.18 Å².